The Balaban J connectivity index is 1.66. The number of aryl methyl sites for hydroxylation is 1. The van der Waals surface area contributed by atoms with Crippen LogP contribution in [0.1, 0.15) is 40.1 Å². The molecule has 9 heteroatoms. The first kappa shape index (κ1) is 19.3. The summed E-state index contributed by atoms with van der Waals surface area (Å²) in [7, 11) is 1.42. The van der Waals surface area contributed by atoms with Gasteiger partial charge in [-0.05, 0) is 59.4 Å². The number of fused-ring (bicyclic) bond motifs is 1. The first-order valence-corrected chi connectivity index (χ1v) is 10.6. The van der Waals surface area contributed by atoms with Crippen LogP contribution < -0.4 is 10.6 Å². The van der Waals surface area contributed by atoms with Gasteiger partial charge in [-0.2, -0.15) is 5.10 Å². The maximum atomic E-state index is 12.3. The van der Waals surface area contributed by atoms with Crippen molar-refractivity contribution in [1.29, 1.82) is 0 Å². The SMILES string of the molecule is COC(=O)c1c(NC(=S)NCCn2cc(Br)cn2)sc2c1CCCCC2. The Morgan fingerprint density at radius 1 is 1.42 bits per heavy atom. The Morgan fingerprint density at radius 3 is 2.96 bits per heavy atom. The lowest BCUT2D eigenvalue weighted by Gasteiger charge is -2.11. The molecule has 0 radical (unpaired) electrons. The molecule has 2 aromatic heterocycles. The normalized spacial score (nSPS) is 13.6. The third kappa shape index (κ3) is 4.63. The molecule has 0 bridgehead atoms. The third-order valence-electron chi connectivity index (χ3n) is 4.27. The molecule has 0 saturated heterocycles. The van der Waals surface area contributed by atoms with Crippen molar-refractivity contribution in [3.63, 3.8) is 0 Å². The number of carbonyl (C=O) groups excluding carboxylic acids is 1. The summed E-state index contributed by atoms with van der Waals surface area (Å²) >= 11 is 10.4. The van der Waals surface area contributed by atoms with Gasteiger partial charge in [0.15, 0.2) is 5.11 Å². The smallest absolute Gasteiger partial charge is 0.341 e. The highest BCUT2D eigenvalue weighted by Crippen LogP contribution is 2.37. The summed E-state index contributed by atoms with van der Waals surface area (Å²) in [6.07, 6.45) is 9.06. The number of aromatic nitrogens is 2. The Morgan fingerprint density at radius 2 is 2.23 bits per heavy atom. The second-order valence-corrected chi connectivity index (χ2v) is 8.49. The van der Waals surface area contributed by atoms with Gasteiger partial charge < -0.3 is 15.4 Å². The van der Waals surface area contributed by atoms with E-state index in [2.05, 4.69) is 31.7 Å². The topological polar surface area (TPSA) is 68.2 Å². The van der Waals surface area contributed by atoms with Crippen LogP contribution in [0, 0.1) is 0 Å². The van der Waals surface area contributed by atoms with Crippen LogP contribution in [-0.2, 0) is 24.1 Å². The molecule has 26 heavy (non-hydrogen) atoms. The maximum absolute atomic E-state index is 12.3. The predicted octanol–water partition coefficient (Wildman–Crippen LogP) is 3.75. The van der Waals surface area contributed by atoms with Crippen molar-refractivity contribution in [2.24, 2.45) is 0 Å². The summed E-state index contributed by atoms with van der Waals surface area (Å²) in [5, 5.41) is 11.8. The summed E-state index contributed by atoms with van der Waals surface area (Å²) in [4.78, 5) is 13.6. The molecule has 0 unspecified atom stereocenters. The zero-order valence-corrected chi connectivity index (χ0v) is 17.7. The van der Waals surface area contributed by atoms with E-state index in [4.69, 9.17) is 17.0 Å². The van der Waals surface area contributed by atoms with E-state index >= 15 is 0 Å². The van der Waals surface area contributed by atoms with Crippen molar-refractivity contribution >= 4 is 55.6 Å². The van der Waals surface area contributed by atoms with Gasteiger partial charge in [0, 0.05) is 17.6 Å². The lowest BCUT2D eigenvalue weighted by molar-refractivity contribution is 0.0601. The Bertz CT molecular complexity index is 803. The summed E-state index contributed by atoms with van der Waals surface area (Å²) < 4.78 is 7.78. The number of thiocarbonyl (C=S) groups is 1. The van der Waals surface area contributed by atoms with Crippen LogP contribution in [0.3, 0.4) is 0 Å². The van der Waals surface area contributed by atoms with Gasteiger partial charge in [-0.25, -0.2) is 4.79 Å². The quantitative estimate of drug-likeness (QED) is 0.405. The number of methoxy groups -OCH3 is 1. The van der Waals surface area contributed by atoms with E-state index in [-0.39, 0.29) is 5.97 Å². The average Bonchev–Trinajstić information content (AvgIpc) is 3.09. The van der Waals surface area contributed by atoms with Crippen molar-refractivity contribution in [3.8, 4) is 0 Å². The number of carbonyl (C=O) groups is 1. The van der Waals surface area contributed by atoms with E-state index in [1.54, 1.807) is 17.5 Å². The molecule has 6 nitrogen and oxygen atoms in total. The number of hydrogen-bond acceptors (Lipinski definition) is 5. The fourth-order valence-corrected chi connectivity index (χ4v) is 4.92. The first-order chi connectivity index (χ1) is 12.6. The van der Waals surface area contributed by atoms with Gasteiger partial charge in [0.05, 0.1) is 29.9 Å². The highest BCUT2D eigenvalue weighted by atomic mass is 79.9. The number of ether oxygens (including phenoxy) is 1. The number of esters is 1. The summed E-state index contributed by atoms with van der Waals surface area (Å²) in [6, 6.07) is 0. The van der Waals surface area contributed by atoms with E-state index in [0.717, 1.165) is 40.7 Å². The van der Waals surface area contributed by atoms with Crippen LogP contribution in [0.4, 0.5) is 5.00 Å². The Hall–Kier alpha value is -1.45. The maximum Gasteiger partial charge on any atom is 0.341 e. The molecular weight excluding hydrogens is 436 g/mol. The molecule has 0 saturated carbocycles. The van der Waals surface area contributed by atoms with Gasteiger partial charge in [-0.15, -0.1) is 11.3 Å². The number of hydrogen-bond donors (Lipinski definition) is 2. The molecular formula is C17H21BrN4O2S2. The van der Waals surface area contributed by atoms with E-state index in [1.807, 2.05) is 10.9 Å². The number of anilines is 1. The van der Waals surface area contributed by atoms with E-state index in [0.29, 0.717) is 23.8 Å². The third-order valence-corrected chi connectivity index (χ3v) is 6.13. The zero-order valence-electron chi connectivity index (χ0n) is 14.5. The first-order valence-electron chi connectivity index (χ1n) is 8.54. The molecule has 2 heterocycles. The summed E-state index contributed by atoms with van der Waals surface area (Å²) in [6.45, 7) is 1.33. The van der Waals surface area contributed by atoms with Gasteiger partial charge in [-0.1, -0.05) is 6.42 Å². The second kappa shape index (κ2) is 8.96. The van der Waals surface area contributed by atoms with Crippen molar-refractivity contribution in [2.45, 2.75) is 38.6 Å². The molecule has 0 spiro atoms. The molecule has 0 aliphatic heterocycles. The van der Waals surface area contributed by atoms with Crippen LogP contribution in [0.25, 0.3) is 0 Å². The Kier molecular flexibility index (Phi) is 6.66. The van der Waals surface area contributed by atoms with E-state index in [1.165, 1.54) is 18.4 Å². The lowest BCUT2D eigenvalue weighted by atomic mass is 10.1. The van der Waals surface area contributed by atoms with Crippen LogP contribution in [0.15, 0.2) is 16.9 Å². The molecule has 0 aromatic carbocycles. The van der Waals surface area contributed by atoms with Gasteiger partial charge in [0.1, 0.15) is 5.00 Å². The van der Waals surface area contributed by atoms with Crippen LogP contribution in [0.5, 0.6) is 0 Å². The standard InChI is InChI=1S/C17H21BrN4O2S2/c1-24-16(23)14-12-5-3-2-4-6-13(12)26-15(14)21-17(25)19-7-8-22-10-11(18)9-20-22/h9-10H,2-8H2,1H3,(H2,19,21,25). The fraction of sp³-hybridized carbons (Fsp3) is 0.471. The molecule has 2 aromatic rings. The average molecular weight is 457 g/mol. The molecule has 0 fully saturated rings. The molecule has 0 amide bonds. The zero-order chi connectivity index (χ0) is 18.5. The van der Waals surface area contributed by atoms with Crippen molar-refractivity contribution in [2.75, 3.05) is 19.0 Å². The van der Waals surface area contributed by atoms with E-state index in [9.17, 15) is 4.79 Å². The highest BCUT2D eigenvalue weighted by Gasteiger charge is 2.25. The molecule has 140 valence electrons. The number of halogens is 1. The Labute approximate surface area is 170 Å². The minimum atomic E-state index is -0.295. The monoisotopic (exact) mass is 456 g/mol. The summed E-state index contributed by atoms with van der Waals surface area (Å²) in [5.74, 6) is -0.295. The lowest BCUT2D eigenvalue weighted by Crippen LogP contribution is -2.31. The minimum absolute atomic E-state index is 0.295. The highest BCUT2D eigenvalue weighted by molar-refractivity contribution is 9.10. The van der Waals surface area contributed by atoms with E-state index < -0.39 is 0 Å². The van der Waals surface area contributed by atoms with Gasteiger partial charge in [0.25, 0.3) is 0 Å². The molecule has 3 rings (SSSR count). The predicted molar refractivity (Wildman–Crippen MR) is 111 cm³/mol. The molecule has 1 aliphatic carbocycles. The van der Waals surface area contributed by atoms with Gasteiger partial charge >= 0.3 is 5.97 Å². The van der Waals surface area contributed by atoms with Crippen LogP contribution in [0.2, 0.25) is 0 Å². The number of nitrogens with one attached hydrogen (secondary N) is 2. The van der Waals surface area contributed by atoms with Gasteiger partial charge in [-0.3, -0.25) is 4.68 Å². The van der Waals surface area contributed by atoms with Crippen LogP contribution in [-0.4, -0.2) is 34.5 Å². The van der Waals surface area contributed by atoms with Crippen molar-refractivity contribution in [3.05, 3.63) is 32.9 Å². The molecule has 1 aliphatic rings. The number of nitrogens with zero attached hydrogens (tertiary/aromatic N) is 2. The fourth-order valence-electron chi connectivity index (χ4n) is 3.04. The molecule has 0 atom stereocenters. The molecule has 2 N–H and O–H groups in total. The number of rotatable bonds is 5. The van der Waals surface area contributed by atoms with Crippen LogP contribution >= 0.6 is 39.5 Å². The largest absolute Gasteiger partial charge is 0.465 e. The van der Waals surface area contributed by atoms with Gasteiger partial charge in [0.2, 0.25) is 0 Å². The summed E-state index contributed by atoms with van der Waals surface area (Å²) in [5.41, 5.74) is 1.78. The second-order valence-electron chi connectivity index (χ2n) is 6.06. The van der Waals surface area contributed by atoms with Crippen molar-refractivity contribution in [1.82, 2.24) is 15.1 Å². The number of thiophene rings is 1. The van der Waals surface area contributed by atoms with Crippen molar-refractivity contribution < 1.29 is 9.53 Å². The minimum Gasteiger partial charge on any atom is -0.465 e.